The van der Waals surface area contributed by atoms with Crippen molar-refractivity contribution < 1.29 is 9.21 Å². The first-order chi connectivity index (χ1) is 5.18. The van der Waals surface area contributed by atoms with Crippen LogP contribution in [-0.4, -0.2) is 5.78 Å². The van der Waals surface area contributed by atoms with Crippen molar-refractivity contribution in [1.82, 2.24) is 0 Å². The number of hydrogen-bond donors (Lipinski definition) is 0. The first kappa shape index (κ1) is 8.34. The predicted molar refractivity (Wildman–Crippen MR) is 42.7 cm³/mol. The summed E-state index contributed by atoms with van der Waals surface area (Å²) in [7, 11) is 0. The molecule has 11 heavy (non-hydrogen) atoms. The molecule has 1 rings (SSSR count). The molecule has 0 aromatic carbocycles. The highest BCUT2D eigenvalue weighted by Crippen LogP contribution is 2.14. The second kappa shape index (κ2) is 3.58. The zero-order chi connectivity index (χ0) is 8.27. The third kappa shape index (κ3) is 2.76. The molecule has 1 heterocycles. The molecule has 0 amide bonds. The number of ketones is 1. The van der Waals surface area contributed by atoms with Gasteiger partial charge in [0.25, 0.3) is 0 Å². The van der Waals surface area contributed by atoms with Gasteiger partial charge in [-0.3, -0.25) is 0 Å². The molecule has 60 valence electrons. The second-order valence-electron chi connectivity index (χ2n) is 2.41. The molecule has 2 nitrogen and oxygen atoms in total. The molecule has 3 heteroatoms. The van der Waals surface area contributed by atoms with Crippen LogP contribution in [0.5, 0.6) is 0 Å². The van der Waals surface area contributed by atoms with Gasteiger partial charge < -0.3 is 9.21 Å². The number of carbonyl (C=O) groups is 1. The van der Waals surface area contributed by atoms with Crippen molar-refractivity contribution in [2.75, 3.05) is 0 Å². The Morgan fingerprint density at radius 2 is 2.36 bits per heavy atom. The Bertz CT molecular complexity index is 252. The van der Waals surface area contributed by atoms with E-state index < -0.39 is 0 Å². The van der Waals surface area contributed by atoms with Crippen molar-refractivity contribution >= 4 is 17.4 Å². The van der Waals surface area contributed by atoms with Gasteiger partial charge in [-0.05, 0) is 30.7 Å². The Kier molecular flexibility index (Phi) is 2.71. The van der Waals surface area contributed by atoms with Gasteiger partial charge in [-0.15, -0.1) is 0 Å². The lowest BCUT2D eigenvalue weighted by atomic mass is 10.2. The van der Waals surface area contributed by atoms with Crippen LogP contribution in [0.1, 0.15) is 19.1 Å². The summed E-state index contributed by atoms with van der Waals surface area (Å²) in [6.45, 7) is 1.56. The summed E-state index contributed by atoms with van der Waals surface area (Å²) in [5, 5.41) is 0.378. The number of carbonyl (C=O) groups excluding carboxylic acids is 1. The van der Waals surface area contributed by atoms with Gasteiger partial charge in [-0.25, -0.2) is 0 Å². The number of aryl methyl sites for hydroxylation is 1. The average molecular weight is 173 g/mol. The minimum atomic E-state index is 0.164. The third-order valence-corrected chi connectivity index (χ3v) is 1.56. The SMILES string of the molecule is CC(=O)CCc1ccc(Cl)o1. The van der Waals surface area contributed by atoms with E-state index in [0.29, 0.717) is 18.1 Å². The first-order valence-electron chi connectivity index (χ1n) is 3.42. The molecule has 0 saturated heterocycles. The Hall–Kier alpha value is -0.760. The van der Waals surface area contributed by atoms with Crippen molar-refractivity contribution in [2.24, 2.45) is 0 Å². The summed E-state index contributed by atoms with van der Waals surface area (Å²) < 4.78 is 5.05. The lowest BCUT2D eigenvalue weighted by molar-refractivity contribution is -0.117. The molecule has 1 aromatic rings. The van der Waals surface area contributed by atoms with E-state index in [-0.39, 0.29) is 5.78 Å². The molecule has 0 atom stereocenters. The van der Waals surface area contributed by atoms with Crippen LogP contribution in [-0.2, 0) is 11.2 Å². The fourth-order valence-corrected chi connectivity index (χ4v) is 0.947. The fourth-order valence-electron chi connectivity index (χ4n) is 0.785. The molecule has 0 spiro atoms. The summed E-state index contributed by atoms with van der Waals surface area (Å²) in [5.74, 6) is 0.933. The largest absolute Gasteiger partial charge is 0.450 e. The average Bonchev–Trinajstić information content (AvgIpc) is 2.31. The van der Waals surface area contributed by atoms with Crippen molar-refractivity contribution in [2.45, 2.75) is 19.8 Å². The van der Waals surface area contributed by atoms with Gasteiger partial charge in [0, 0.05) is 12.8 Å². The Morgan fingerprint density at radius 3 is 2.82 bits per heavy atom. The molecule has 0 fully saturated rings. The van der Waals surface area contributed by atoms with E-state index in [2.05, 4.69) is 0 Å². The third-order valence-electron chi connectivity index (χ3n) is 1.35. The molecular formula is C8H9ClO2. The van der Waals surface area contributed by atoms with Crippen molar-refractivity contribution in [3.8, 4) is 0 Å². The van der Waals surface area contributed by atoms with Crippen molar-refractivity contribution in [3.63, 3.8) is 0 Å². The van der Waals surface area contributed by atoms with Gasteiger partial charge in [-0.1, -0.05) is 0 Å². The topological polar surface area (TPSA) is 30.2 Å². The van der Waals surface area contributed by atoms with Crippen LogP contribution in [0.3, 0.4) is 0 Å². The molecular weight excluding hydrogens is 164 g/mol. The maximum atomic E-state index is 10.5. The quantitative estimate of drug-likeness (QED) is 0.701. The molecule has 0 saturated carbocycles. The number of Topliss-reactive ketones (excluding diaryl/α,β-unsaturated/α-hetero) is 1. The minimum absolute atomic E-state index is 0.164. The van der Waals surface area contributed by atoms with Crippen LogP contribution in [0.25, 0.3) is 0 Å². The Labute approximate surface area is 70.2 Å². The van der Waals surface area contributed by atoms with E-state index in [1.807, 2.05) is 0 Å². The highest BCUT2D eigenvalue weighted by atomic mass is 35.5. The summed E-state index contributed by atoms with van der Waals surface area (Å²) in [5.41, 5.74) is 0. The zero-order valence-corrected chi connectivity index (χ0v) is 7.02. The molecule has 0 N–H and O–H groups in total. The van der Waals surface area contributed by atoms with Gasteiger partial charge in [-0.2, -0.15) is 0 Å². The minimum Gasteiger partial charge on any atom is -0.450 e. The monoisotopic (exact) mass is 172 g/mol. The van der Waals surface area contributed by atoms with Crippen LogP contribution in [0.4, 0.5) is 0 Å². The highest BCUT2D eigenvalue weighted by Gasteiger charge is 2.00. The maximum Gasteiger partial charge on any atom is 0.193 e. The van der Waals surface area contributed by atoms with Crippen LogP contribution in [0.15, 0.2) is 16.5 Å². The zero-order valence-electron chi connectivity index (χ0n) is 6.26. The van der Waals surface area contributed by atoms with Gasteiger partial charge in [0.2, 0.25) is 0 Å². The van der Waals surface area contributed by atoms with E-state index in [1.165, 1.54) is 0 Å². The fraction of sp³-hybridized carbons (Fsp3) is 0.375. The smallest absolute Gasteiger partial charge is 0.193 e. The standard InChI is InChI=1S/C8H9ClO2/c1-6(10)2-3-7-4-5-8(9)11-7/h4-5H,2-3H2,1H3. The van der Waals surface area contributed by atoms with E-state index in [0.717, 1.165) is 5.76 Å². The van der Waals surface area contributed by atoms with Gasteiger partial charge in [0.05, 0.1) is 0 Å². The predicted octanol–water partition coefficient (Wildman–Crippen LogP) is 2.45. The van der Waals surface area contributed by atoms with E-state index in [1.54, 1.807) is 19.1 Å². The highest BCUT2D eigenvalue weighted by molar-refractivity contribution is 6.28. The summed E-state index contributed by atoms with van der Waals surface area (Å²) in [6, 6.07) is 3.46. The molecule has 0 aliphatic carbocycles. The van der Waals surface area contributed by atoms with Gasteiger partial charge in [0.15, 0.2) is 5.22 Å². The van der Waals surface area contributed by atoms with Gasteiger partial charge in [0.1, 0.15) is 11.5 Å². The second-order valence-corrected chi connectivity index (χ2v) is 2.78. The number of hydrogen-bond acceptors (Lipinski definition) is 2. The van der Waals surface area contributed by atoms with Gasteiger partial charge >= 0.3 is 0 Å². The molecule has 0 aliphatic heterocycles. The molecule has 0 radical (unpaired) electrons. The molecule has 0 unspecified atom stereocenters. The van der Waals surface area contributed by atoms with Crippen molar-refractivity contribution in [1.29, 1.82) is 0 Å². The number of furan rings is 1. The van der Waals surface area contributed by atoms with Crippen LogP contribution < -0.4 is 0 Å². The normalized spacial score (nSPS) is 10.0. The molecule has 0 bridgehead atoms. The summed E-state index contributed by atoms with van der Waals surface area (Å²) in [4.78, 5) is 10.5. The van der Waals surface area contributed by atoms with E-state index in [9.17, 15) is 4.79 Å². The number of rotatable bonds is 3. The van der Waals surface area contributed by atoms with Crippen LogP contribution in [0, 0.1) is 0 Å². The summed E-state index contributed by atoms with van der Waals surface area (Å²) in [6.07, 6.45) is 1.16. The van der Waals surface area contributed by atoms with Crippen LogP contribution >= 0.6 is 11.6 Å². The molecule has 1 aromatic heterocycles. The van der Waals surface area contributed by atoms with E-state index in [4.69, 9.17) is 16.0 Å². The van der Waals surface area contributed by atoms with E-state index >= 15 is 0 Å². The number of halogens is 1. The first-order valence-corrected chi connectivity index (χ1v) is 3.80. The Morgan fingerprint density at radius 1 is 1.64 bits per heavy atom. The molecule has 0 aliphatic rings. The van der Waals surface area contributed by atoms with Crippen molar-refractivity contribution in [3.05, 3.63) is 23.1 Å². The lowest BCUT2D eigenvalue weighted by Crippen LogP contribution is -1.91. The van der Waals surface area contributed by atoms with Crippen LogP contribution in [0.2, 0.25) is 5.22 Å². The summed E-state index contributed by atoms with van der Waals surface area (Å²) >= 11 is 5.52. The Balaban J connectivity index is 2.45. The maximum absolute atomic E-state index is 10.5. The lowest BCUT2D eigenvalue weighted by Gasteiger charge is -1.90.